The first-order chi connectivity index (χ1) is 17.5. The Labute approximate surface area is 226 Å². The third-order valence-corrected chi connectivity index (χ3v) is 8.04. The Morgan fingerprint density at radius 3 is 1.97 bits per heavy atom. The van der Waals surface area contributed by atoms with Crippen molar-refractivity contribution in [1.29, 1.82) is 0 Å². The van der Waals surface area contributed by atoms with Crippen LogP contribution < -0.4 is 0 Å². The molecule has 9 heteroatoms. The summed E-state index contributed by atoms with van der Waals surface area (Å²) in [7, 11) is 1.73. The Balaban J connectivity index is 2.13. The Hall–Kier alpha value is -0.790. The molecule has 0 aromatic rings. The van der Waals surface area contributed by atoms with Crippen molar-refractivity contribution < 1.29 is 32.6 Å². The molecule has 1 fully saturated rings. The molecule has 1 amide bonds. The third-order valence-electron chi connectivity index (χ3n) is 7.05. The standard InChI is InChI=1S/C28H55N2O6P/c1-5-6-7-8-9-10-11-12-13-14-15-16-17-20-27(31)24-28(32)29-21-18-19-26(29)25-36-37(33,34)35-23-22-30(2,3)4/h26H,5-25H2,1-4H3/p+1/t26-/m0/s1. The topological polar surface area (TPSA) is 93.1 Å². The van der Waals surface area contributed by atoms with Crippen LogP contribution >= 0.6 is 7.82 Å². The van der Waals surface area contributed by atoms with E-state index in [9.17, 15) is 19.0 Å². The highest BCUT2D eigenvalue weighted by molar-refractivity contribution is 7.47. The highest BCUT2D eigenvalue weighted by Crippen LogP contribution is 2.43. The molecule has 218 valence electrons. The second-order valence-corrected chi connectivity index (χ2v) is 13.2. The molecule has 0 aromatic heterocycles. The van der Waals surface area contributed by atoms with Crippen LogP contribution in [0.25, 0.3) is 0 Å². The molecule has 0 bridgehead atoms. The van der Waals surface area contributed by atoms with Crippen molar-refractivity contribution in [2.45, 2.75) is 122 Å². The van der Waals surface area contributed by atoms with Crippen molar-refractivity contribution in [3.63, 3.8) is 0 Å². The maximum absolute atomic E-state index is 12.7. The number of unbranched alkanes of at least 4 members (excludes halogenated alkanes) is 12. The van der Waals surface area contributed by atoms with E-state index in [0.29, 0.717) is 30.4 Å². The summed E-state index contributed by atoms with van der Waals surface area (Å²) in [6.07, 6.45) is 18.2. The van der Waals surface area contributed by atoms with Crippen LogP contribution in [0.4, 0.5) is 0 Å². The van der Waals surface area contributed by atoms with Crippen molar-refractivity contribution in [2.24, 2.45) is 0 Å². The van der Waals surface area contributed by atoms with Gasteiger partial charge in [0, 0.05) is 13.0 Å². The van der Waals surface area contributed by atoms with Gasteiger partial charge in [-0.25, -0.2) is 4.57 Å². The molecule has 0 aromatic carbocycles. The molecule has 37 heavy (non-hydrogen) atoms. The van der Waals surface area contributed by atoms with Gasteiger partial charge in [0.05, 0.1) is 40.2 Å². The number of nitrogens with zero attached hydrogens (tertiary/aromatic N) is 2. The molecule has 1 N–H and O–H groups in total. The molecule has 0 radical (unpaired) electrons. The molecule has 0 saturated carbocycles. The lowest BCUT2D eigenvalue weighted by molar-refractivity contribution is -0.870. The van der Waals surface area contributed by atoms with E-state index < -0.39 is 7.82 Å². The van der Waals surface area contributed by atoms with Crippen LogP contribution in [0.15, 0.2) is 0 Å². The summed E-state index contributed by atoms with van der Waals surface area (Å²) >= 11 is 0. The van der Waals surface area contributed by atoms with Gasteiger partial charge in [-0.3, -0.25) is 18.6 Å². The predicted molar refractivity (Wildman–Crippen MR) is 149 cm³/mol. The van der Waals surface area contributed by atoms with Gasteiger partial charge in [-0.1, -0.05) is 84.0 Å². The van der Waals surface area contributed by atoms with E-state index in [2.05, 4.69) is 6.92 Å². The first-order valence-corrected chi connectivity index (χ1v) is 16.3. The molecule has 1 aliphatic heterocycles. The van der Waals surface area contributed by atoms with Gasteiger partial charge in [-0.05, 0) is 19.3 Å². The van der Waals surface area contributed by atoms with Gasteiger partial charge in [-0.15, -0.1) is 0 Å². The number of rotatable bonds is 23. The molecule has 1 aliphatic rings. The van der Waals surface area contributed by atoms with Gasteiger partial charge in [0.25, 0.3) is 0 Å². The first-order valence-electron chi connectivity index (χ1n) is 14.8. The highest BCUT2D eigenvalue weighted by Gasteiger charge is 2.32. The number of amides is 1. The molecule has 1 heterocycles. The van der Waals surface area contributed by atoms with Gasteiger partial charge < -0.3 is 14.3 Å². The number of carbonyl (C=O) groups excluding carboxylic acids is 2. The first kappa shape index (κ1) is 34.2. The minimum absolute atomic E-state index is 0.0175. The zero-order valence-electron chi connectivity index (χ0n) is 24.3. The number of hydrogen-bond donors (Lipinski definition) is 1. The summed E-state index contributed by atoms with van der Waals surface area (Å²) in [6.45, 7) is 3.43. The lowest BCUT2D eigenvalue weighted by atomic mass is 10.0. The van der Waals surface area contributed by atoms with Gasteiger partial charge >= 0.3 is 7.82 Å². The van der Waals surface area contributed by atoms with E-state index >= 15 is 0 Å². The predicted octanol–water partition coefficient (Wildman–Crippen LogP) is 6.26. The Morgan fingerprint density at radius 1 is 0.892 bits per heavy atom. The monoisotopic (exact) mass is 547 g/mol. The van der Waals surface area contributed by atoms with Crippen molar-refractivity contribution in [2.75, 3.05) is 47.4 Å². The number of quaternary nitrogens is 1. The van der Waals surface area contributed by atoms with Crippen LogP contribution in [-0.2, 0) is 23.2 Å². The fourth-order valence-corrected chi connectivity index (χ4v) is 5.43. The number of hydrogen-bond acceptors (Lipinski definition) is 5. The van der Waals surface area contributed by atoms with Crippen LogP contribution in [0.5, 0.6) is 0 Å². The lowest BCUT2D eigenvalue weighted by Crippen LogP contribution is -2.39. The van der Waals surface area contributed by atoms with Crippen LogP contribution in [0.2, 0.25) is 0 Å². The van der Waals surface area contributed by atoms with Crippen molar-refractivity contribution in [3.05, 3.63) is 0 Å². The Bertz CT molecular complexity index is 682. The molecular formula is C28H56N2O6P+. The van der Waals surface area contributed by atoms with Crippen molar-refractivity contribution in [3.8, 4) is 0 Å². The number of Topliss-reactive ketones (excluding diaryl/α,β-unsaturated/α-hetero) is 1. The third kappa shape index (κ3) is 18.2. The summed E-state index contributed by atoms with van der Waals surface area (Å²) in [6, 6.07) is -0.292. The Morgan fingerprint density at radius 2 is 1.43 bits per heavy atom. The molecule has 0 aliphatic carbocycles. The van der Waals surface area contributed by atoms with Gasteiger partial charge in [0.2, 0.25) is 5.91 Å². The smallest absolute Gasteiger partial charge is 0.337 e. The normalized spacial score (nSPS) is 17.8. The fraction of sp³-hybridized carbons (Fsp3) is 0.929. The summed E-state index contributed by atoms with van der Waals surface area (Å²) in [5.41, 5.74) is 0. The quantitative estimate of drug-likeness (QED) is 0.0703. The second kappa shape index (κ2) is 19.3. The van der Waals surface area contributed by atoms with E-state index in [1.54, 1.807) is 4.90 Å². The molecule has 8 nitrogen and oxygen atoms in total. The average Bonchev–Trinajstić information content (AvgIpc) is 3.29. The molecule has 1 unspecified atom stereocenters. The molecule has 1 saturated heterocycles. The fourth-order valence-electron chi connectivity index (χ4n) is 4.68. The summed E-state index contributed by atoms with van der Waals surface area (Å²) in [5, 5.41) is 0. The number of likely N-dealkylation sites (N-methyl/N-ethyl adjacent to an activating group) is 1. The van der Waals surface area contributed by atoms with Crippen molar-refractivity contribution >= 4 is 19.5 Å². The zero-order chi connectivity index (χ0) is 27.6. The van der Waals surface area contributed by atoms with E-state index in [1.807, 2.05) is 21.1 Å². The average molecular weight is 548 g/mol. The largest absolute Gasteiger partial charge is 0.472 e. The van der Waals surface area contributed by atoms with E-state index in [-0.39, 0.29) is 37.4 Å². The number of phosphoric ester groups is 1. The lowest BCUT2D eigenvalue weighted by Gasteiger charge is -2.26. The number of likely N-dealkylation sites (tertiary alicyclic amines) is 1. The number of ketones is 1. The second-order valence-electron chi connectivity index (χ2n) is 11.7. The van der Waals surface area contributed by atoms with Crippen LogP contribution in [-0.4, -0.2) is 79.5 Å². The van der Waals surface area contributed by atoms with Gasteiger partial charge in [0.1, 0.15) is 18.9 Å². The van der Waals surface area contributed by atoms with Gasteiger partial charge in [-0.2, -0.15) is 0 Å². The van der Waals surface area contributed by atoms with Crippen LogP contribution in [0, 0.1) is 0 Å². The minimum atomic E-state index is -4.17. The maximum atomic E-state index is 12.7. The molecular weight excluding hydrogens is 491 g/mol. The summed E-state index contributed by atoms with van der Waals surface area (Å²) in [5.74, 6) is -0.222. The molecule has 0 spiro atoms. The maximum Gasteiger partial charge on any atom is 0.472 e. The SMILES string of the molecule is CCCCCCCCCCCCCCCC(=O)CC(=O)N1CCC[C@H]1COP(=O)(O)OCC[N+](C)(C)C. The molecule has 1 rings (SSSR count). The summed E-state index contributed by atoms with van der Waals surface area (Å²) < 4.78 is 23.0. The van der Waals surface area contributed by atoms with Crippen molar-refractivity contribution in [1.82, 2.24) is 4.90 Å². The van der Waals surface area contributed by atoms with Gasteiger partial charge in [0.15, 0.2) is 0 Å². The van der Waals surface area contributed by atoms with E-state index in [1.165, 1.54) is 64.2 Å². The molecule has 2 atom stereocenters. The number of carbonyl (C=O) groups is 2. The van der Waals surface area contributed by atoms with Crippen LogP contribution in [0.1, 0.15) is 116 Å². The van der Waals surface area contributed by atoms with Crippen LogP contribution in [0.3, 0.4) is 0 Å². The minimum Gasteiger partial charge on any atom is -0.337 e. The highest BCUT2D eigenvalue weighted by atomic mass is 31.2. The number of phosphoric acid groups is 1. The van der Waals surface area contributed by atoms with E-state index in [0.717, 1.165) is 25.7 Å². The zero-order valence-corrected chi connectivity index (χ0v) is 25.2. The Kier molecular flexibility index (Phi) is 17.9. The van der Waals surface area contributed by atoms with E-state index in [4.69, 9.17) is 9.05 Å². The summed E-state index contributed by atoms with van der Waals surface area (Å²) in [4.78, 5) is 36.6.